The fraction of sp³-hybridized carbons (Fsp3) is 0.423. The number of nitrogens with one attached hydrogen (secondary N) is 3. The zero-order valence-electron chi connectivity index (χ0n) is 21.3. The van der Waals surface area contributed by atoms with Crippen LogP contribution in [0.2, 0.25) is 0 Å². The van der Waals surface area contributed by atoms with Gasteiger partial charge in [-0.05, 0) is 72.9 Å². The van der Waals surface area contributed by atoms with E-state index in [2.05, 4.69) is 30.6 Å². The van der Waals surface area contributed by atoms with Gasteiger partial charge in [-0.15, -0.1) is 0 Å². The normalized spacial score (nSPS) is 23.1. The zero-order valence-corrected chi connectivity index (χ0v) is 21.3. The Kier molecular flexibility index (Phi) is 6.04. The lowest BCUT2D eigenvalue weighted by molar-refractivity contribution is -0.158. The molecular formula is C26H26N6O8. The van der Waals surface area contributed by atoms with E-state index in [1.54, 1.807) is 18.2 Å². The van der Waals surface area contributed by atoms with Crippen molar-refractivity contribution in [1.82, 2.24) is 25.2 Å². The van der Waals surface area contributed by atoms with Crippen LogP contribution in [0.15, 0.2) is 33.6 Å². The van der Waals surface area contributed by atoms with Gasteiger partial charge in [0.1, 0.15) is 17.1 Å². The minimum atomic E-state index is -0.932. The smallest absolute Gasteiger partial charge is 0.448 e. The molecule has 14 heteroatoms. The van der Waals surface area contributed by atoms with E-state index in [9.17, 15) is 29.1 Å². The predicted octanol–water partition coefficient (Wildman–Crippen LogP) is 1.10. The van der Waals surface area contributed by atoms with Crippen LogP contribution in [0.3, 0.4) is 0 Å². The van der Waals surface area contributed by atoms with Crippen LogP contribution < -0.4 is 26.4 Å². The van der Waals surface area contributed by atoms with E-state index in [4.69, 9.17) is 4.74 Å². The van der Waals surface area contributed by atoms with Gasteiger partial charge in [0, 0.05) is 13.1 Å². The van der Waals surface area contributed by atoms with Crippen molar-refractivity contribution in [3.05, 3.63) is 51.8 Å². The summed E-state index contributed by atoms with van der Waals surface area (Å²) in [4.78, 5) is 65.9. The van der Waals surface area contributed by atoms with Crippen molar-refractivity contribution in [2.45, 2.75) is 45.1 Å². The number of carbonyl (C=O) groups excluding carboxylic acids is 3. The minimum Gasteiger partial charge on any atom is -0.482 e. The number of aliphatic carboxylic acids is 1. The molecule has 4 aliphatic rings. The average Bonchev–Trinajstić information content (AvgIpc) is 3.35. The third kappa shape index (κ3) is 4.44. The summed E-state index contributed by atoms with van der Waals surface area (Å²) in [5, 5.41) is 21.5. The van der Waals surface area contributed by atoms with Crippen LogP contribution in [0.25, 0.3) is 5.78 Å². The summed E-state index contributed by atoms with van der Waals surface area (Å²) in [7, 11) is 0. The first-order chi connectivity index (χ1) is 19.2. The van der Waals surface area contributed by atoms with Gasteiger partial charge < -0.3 is 25.8 Å². The summed E-state index contributed by atoms with van der Waals surface area (Å²) in [5.74, 6) is -2.91. The van der Waals surface area contributed by atoms with Crippen molar-refractivity contribution in [3.8, 4) is 5.75 Å². The highest BCUT2D eigenvalue weighted by Crippen LogP contribution is 2.56. The van der Waals surface area contributed by atoms with Crippen molar-refractivity contribution in [2.24, 2.45) is 10.8 Å². The summed E-state index contributed by atoms with van der Waals surface area (Å²) in [6.45, 7) is 0.324. The molecule has 4 N–H and O–H groups in total. The van der Waals surface area contributed by atoms with Gasteiger partial charge in [-0.3, -0.25) is 23.7 Å². The van der Waals surface area contributed by atoms with Crippen LogP contribution in [0.5, 0.6) is 5.75 Å². The third-order valence-electron chi connectivity index (χ3n) is 8.40. The average molecular weight is 551 g/mol. The Bertz CT molecular complexity index is 1600. The highest BCUT2D eigenvalue weighted by Gasteiger charge is 2.52. The van der Waals surface area contributed by atoms with Crippen molar-refractivity contribution < 1.29 is 33.5 Å². The van der Waals surface area contributed by atoms with E-state index in [1.807, 2.05) is 0 Å². The molecule has 3 aliphatic carbocycles. The molecule has 0 unspecified atom stereocenters. The molecule has 1 aliphatic heterocycles. The molecule has 14 nitrogen and oxygen atoms in total. The number of carbonyl (C=O) groups is 4. The number of anilines is 1. The summed E-state index contributed by atoms with van der Waals surface area (Å²) in [6, 6.07) is 6.26. The molecule has 1 aromatic carbocycles. The summed E-state index contributed by atoms with van der Waals surface area (Å²) < 4.78 is 10.9. The number of amides is 3. The number of ether oxygens (including phenoxy) is 1. The zero-order chi connectivity index (χ0) is 28.1. The first-order valence-corrected chi connectivity index (χ1v) is 12.9. The number of fused-ring (bicyclic) bond motifs is 5. The Labute approximate surface area is 226 Å². The van der Waals surface area contributed by atoms with Crippen molar-refractivity contribution >= 4 is 35.2 Å². The van der Waals surface area contributed by atoms with Crippen LogP contribution >= 0.6 is 0 Å². The van der Waals surface area contributed by atoms with Gasteiger partial charge in [0.2, 0.25) is 0 Å². The van der Waals surface area contributed by atoms with Gasteiger partial charge in [0.05, 0.1) is 11.1 Å². The molecule has 3 amide bonds. The van der Waals surface area contributed by atoms with Crippen LogP contribution in [0.1, 0.15) is 65.1 Å². The highest BCUT2D eigenvalue weighted by atomic mass is 16.5. The molecule has 3 fully saturated rings. The molecule has 0 radical (unpaired) electrons. The number of aromatic nitrogens is 3. The van der Waals surface area contributed by atoms with Gasteiger partial charge in [-0.2, -0.15) is 0 Å². The summed E-state index contributed by atoms with van der Waals surface area (Å²) in [6.07, 6.45) is 3.86. The number of carboxylic acid groups (broad SMARTS) is 1. The minimum absolute atomic E-state index is 0.0493. The Hall–Kier alpha value is -4.75. The largest absolute Gasteiger partial charge is 0.482 e. The molecule has 3 aromatic rings. The van der Waals surface area contributed by atoms with Gasteiger partial charge in [-0.1, -0.05) is 6.07 Å². The van der Waals surface area contributed by atoms with Gasteiger partial charge in [0.25, 0.3) is 23.5 Å². The standard InChI is InChI=1S/C26H26N6O8/c33-19-12-39-18-2-1-14(9-15(18)29-19)11-27-21(35)17-10-16(30-23-31-40-24(38)32(17)23)20(34)28-13-25-3-6-26(7-4-25,8-5-25)22(36)37/h1-2,9-10H,3-8,11-13H2,(H,27,35)(H,28,34)(H,29,33)(H,36,37). The van der Waals surface area contributed by atoms with Crippen LogP contribution in [-0.2, 0) is 16.1 Å². The van der Waals surface area contributed by atoms with Gasteiger partial charge >= 0.3 is 11.7 Å². The number of hydrogen-bond acceptors (Lipinski definition) is 9. The maximum Gasteiger partial charge on any atom is 0.448 e. The molecule has 7 rings (SSSR count). The van der Waals surface area contributed by atoms with Gasteiger partial charge in [0.15, 0.2) is 6.61 Å². The predicted molar refractivity (Wildman–Crippen MR) is 136 cm³/mol. The Morgan fingerprint density at radius 3 is 2.50 bits per heavy atom. The van der Waals surface area contributed by atoms with Crippen LogP contribution in [-0.4, -0.2) is 56.5 Å². The molecule has 2 aromatic heterocycles. The lowest BCUT2D eigenvalue weighted by Gasteiger charge is -2.51. The van der Waals surface area contributed by atoms with E-state index in [0.29, 0.717) is 62.1 Å². The molecule has 2 bridgehead atoms. The molecule has 3 saturated carbocycles. The van der Waals surface area contributed by atoms with E-state index < -0.39 is 29.0 Å². The maximum atomic E-state index is 13.1. The van der Waals surface area contributed by atoms with Crippen molar-refractivity contribution in [3.63, 3.8) is 0 Å². The van der Waals surface area contributed by atoms with Crippen LogP contribution in [0, 0.1) is 10.8 Å². The molecule has 3 heterocycles. The first kappa shape index (κ1) is 25.5. The summed E-state index contributed by atoms with van der Waals surface area (Å²) >= 11 is 0. The van der Waals surface area contributed by atoms with E-state index in [1.165, 1.54) is 6.07 Å². The number of hydrogen-bond donors (Lipinski definition) is 4. The molecule has 0 spiro atoms. The van der Waals surface area contributed by atoms with Crippen LogP contribution in [0.4, 0.5) is 5.69 Å². The number of nitrogens with zero attached hydrogens (tertiary/aromatic N) is 3. The van der Waals surface area contributed by atoms with Crippen molar-refractivity contribution in [1.29, 1.82) is 0 Å². The number of rotatable bonds is 7. The lowest BCUT2D eigenvalue weighted by atomic mass is 9.53. The second-order valence-electron chi connectivity index (χ2n) is 10.7. The third-order valence-corrected chi connectivity index (χ3v) is 8.40. The molecular weight excluding hydrogens is 524 g/mol. The first-order valence-electron chi connectivity index (χ1n) is 12.9. The fourth-order valence-electron chi connectivity index (χ4n) is 5.86. The summed E-state index contributed by atoms with van der Waals surface area (Å²) in [5.41, 5.74) is 0.00601. The maximum absolute atomic E-state index is 13.1. The molecule has 0 atom stereocenters. The molecule has 0 saturated heterocycles. The Morgan fingerprint density at radius 2 is 1.77 bits per heavy atom. The van der Waals surface area contributed by atoms with E-state index in [0.717, 1.165) is 4.40 Å². The van der Waals surface area contributed by atoms with Crippen molar-refractivity contribution in [2.75, 3.05) is 18.5 Å². The number of benzene rings is 1. The number of carboxylic acids is 1. The van der Waals surface area contributed by atoms with Gasteiger partial charge in [-0.25, -0.2) is 14.2 Å². The topological polar surface area (TPSA) is 194 Å². The molecule has 40 heavy (non-hydrogen) atoms. The SMILES string of the molecule is O=C1COc2ccc(CNC(=O)c3cc(C(=O)NCC45CCC(C(=O)O)(CC4)CC5)nc4noc(=O)n34)cc2N1. The second kappa shape index (κ2) is 9.47. The second-order valence-corrected chi connectivity index (χ2v) is 10.7. The van der Waals surface area contributed by atoms with E-state index >= 15 is 0 Å². The monoisotopic (exact) mass is 550 g/mol. The fourth-order valence-corrected chi connectivity index (χ4v) is 5.86. The Balaban J connectivity index is 1.17. The molecule has 208 valence electrons. The van der Waals surface area contributed by atoms with E-state index in [-0.39, 0.29) is 41.6 Å². The lowest BCUT2D eigenvalue weighted by Crippen LogP contribution is -2.50. The Morgan fingerprint density at radius 1 is 1.02 bits per heavy atom. The quantitative estimate of drug-likeness (QED) is 0.331. The highest BCUT2D eigenvalue weighted by molar-refractivity contribution is 5.98.